The summed E-state index contributed by atoms with van der Waals surface area (Å²) in [7, 11) is 0. The van der Waals surface area contributed by atoms with Gasteiger partial charge in [0.05, 0.1) is 10.9 Å². The molecule has 0 unspecified atom stereocenters. The van der Waals surface area contributed by atoms with Crippen LogP contribution in [0.4, 0.5) is 5.69 Å². The van der Waals surface area contributed by atoms with Crippen molar-refractivity contribution in [1.82, 2.24) is 14.3 Å². The first-order valence-corrected chi connectivity index (χ1v) is 10.9. The Kier molecular flexibility index (Phi) is 5.91. The lowest BCUT2D eigenvalue weighted by Crippen LogP contribution is -2.30. The van der Waals surface area contributed by atoms with Crippen molar-refractivity contribution in [3.05, 3.63) is 98.4 Å². The van der Waals surface area contributed by atoms with Crippen LogP contribution in [0.2, 0.25) is 0 Å². The summed E-state index contributed by atoms with van der Waals surface area (Å²) >= 11 is 0. The van der Waals surface area contributed by atoms with Gasteiger partial charge in [0, 0.05) is 17.1 Å². The number of para-hydroxylation sites is 1. The monoisotopic (exact) mass is 451 g/mol. The summed E-state index contributed by atoms with van der Waals surface area (Å²) in [5.41, 5.74) is 5.25. The van der Waals surface area contributed by atoms with E-state index in [4.69, 9.17) is 0 Å². The predicted molar refractivity (Wildman–Crippen MR) is 134 cm³/mol. The number of hydrogen-bond acceptors (Lipinski definition) is 4. The van der Waals surface area contributed by atoms with E-state index in [1.165, 1.54) is 4.68 Å². The molecule has 0 fully saturated rings. The molecule has 0 saturated heterocycles. The molecule has 0 spiro atoms. The Bertz CT molecular complexity index is 1580. The Morgan fingerprint density at radius 1 is 1.03 bits per heavy atom. The molecule has 7 heteroatoms. The minimum atomic E-state index is -0.486. The second-order valence-corrected chi connectivity index (χ2v) is 8.37. The second kappa shape index (κ2) is 8.83. The van der Waals surface area contributed by atoms with Gasteiger partial charge in [0.25, 0.3) is 11.5 Å². The van der Waals surface area contributed by atoms with Crippen LogP contribution in [0, 0.1) is 45.9 Å². The number of carbonyl (C=O) groups is 1. The van der Waals surface area contributed by atoms with Crippen LogP contribution in [-0.2, 0) is 4.79 Å². The molecule has 0 aliphatic carbocycles. The Labute approximate surface area is 197 Å². The number of nitrogens with one attached hydrogen (secondary N) is 1. The number of anilines is 1. The molecule has 0 atom stereocenters. The van der Waals surface area contributed by atoms with Gasteiger partial charge in [-0.1, -0.05) is 29.8 Å². The van der Waals surface area contributed by atoms with Gasteiger partial charge in [-0.05, 0) is 76.1 Å². The Morgan fingerprint density at radius 2 is 1.76 bits per heavy atom. The third-order valence-electron chi connectivity index (χ3n) is 5.84. The highest BCUT2D eigenvalue weighted by atomic mass is 16.2. The summed E-state index contributed by atoms with van der Waals surface area (Å²) in [6.07, 6.45) is 1.55. The van der Waals surface area contributed by atoms with Gasteiger partial charge in [0.15, 0.2) is 0 Å². The lowest BCUT2D eigenvalue weighted by atomic mass is 10.1. The summed E-state index contributed by atoms with van der Waals surface area (Å²) < 4.78 is 3.28. The lowest BCUT2D eigenvalue weighted by Gasteiger charge is -2.16. The number of amides is 1. The number of aryl methyl sites for hydroxylation is 4. The largest absolute Gasteiger partial charge is 0.321 e. The number of fused-ring (bicyclic) bond motifs is 1. The van der Waals surface area contributed by atoms with Gasteiger partial charge in [0.2, 0.25) is 0 Å². The van der Waals surface area contributed by atoms with Crippen molar-refractivity contribution >= 4 is 28.6 Å². The average molecular weight is 452 g/mol. The number of rotatable bonds is 4. The topological polar surface area (TPSA) is 92.7 Å². The number of benzene rings is 2. The van der Waals surface area contributed by atoms with Crippen LogP contribution < -0.4 is 10.9 Å². The Balaban J connectivity index is 1.76. The molecule has 170 valence electrons. The van der Waals surface area contributed by atoms with E-state index < -0.39 is 5.91 Å². The van der Waals surface area contributed by atoms with E-state index in [-0.39, 0.29) is 11.1 Å². The number of nitrogens with zero attached hydrogens (tertiary/aromatic N) is 4. The minimum Gasteiger partial charge on any atom is -0.321 e. The highest BCUT2D eigenvalue weighted by Crippen LogP contribution is 2.21. The normalized spacial score (nSPS) is 11.5. The van der Waals surface area contributed by atoms with Gasteiger partial charge in [-0.25, -0.2) is 4.98 Å². The van der Waals surface area contributed by atoms with Crippen LogP contribution in [0.25, 0.3) is 17.0 Å². The van der Waals surface area contributed by atoms with Crippen LogP contribution in [0.15, 0.2) is 58.9 Å². The first-order chi connectivity index (χ1) is 16.2. The third-order valence-corrected chi connectivity index (χ3v) is 5.84. The molecule has 0 aliphatic heterocycles. The van der Waals surface area contributed by atoms with Crippen molar-refractivity contribution in [3.63, 3.8) is 0 Å². The molecule has 2 aromatic heterocycles. The van der Waals surface area contributed by atoms with Gasteiger partial charge in [-0.2, -0.15) is 9.94 Å². The van der Waals surface area contributed by atoms with Crippen LogP contribution >= 0.6 is 0 Å². The van der Waals surface area contributed by atoms with Crippen molar-refractivity contribution in [3.8, 4) is 6.07 Å². The molecule has 34 heavy (non-hydrogen) atoms. The summed E-state index contributed by atoms with van der Waals surface area (Å²) in [6, 6.07) is 16.8. The van der Waals surface area contributed by atoms with Crippen LogP contribution in [0.5, 0.6) is 0 Å². The van der Waals surface area contributed by atoms with Crippen molar-refractivity contribution in [1.29, 1.82) is 5.26 Å². The maximum atomic E-state index is 13.3. The van der Waals surface area contributed by atoms with Gasteiger partial charge < -0.3 is 5.32 Å². The number of carbonyl (C=O) groups excluding carboxylic acids is 1. The molecule has 2 aromatic carbocycles. The number of hydrogen-bond donors (Lipinski definition) is 1. The summed E-state index contributed by atoms with van der Waals surface area (Å²) in [6.45, 7) is 9.38. The van der Waals surface area contributed by atoms with Crippen LogP contribution in [0.3, 0.4) is 0 Å². The Hall–Kier alpha value is -4.44. The smallest absolute Gasteiger partial charge is 0.280 e. The first kappa shape index (κ1) is 22.7. The van der Waals surface area contributed by atoms with Crippen molar-refractivity contribution in [2.45, 2.75) is 34.6 Å². The van der Waals surface area contributed by atoms with Gasteiger partial charge in [-0.3, -0.25) is 14.3 Å². The fourth-order valence-electron chi connectivity index (χ4n) is 4.15. The fourth-order valence-corrected chi connectivity index (χ4v) is 4.15. The van der Waals surface area contributed by atoms with E-state index in [9.17, 15) is 14.9 Å². The zero-order valence-corrected chi connectivity index (χ0v) is 19.8. The van der Waals surface area contributed by atoms with Gasteiger partial charge in [0.1, 0.15) is 17.5 Å². The molecule has 7 nitrogen and oxygen atoms in total. The van der Waals surface area contributed by atoms with Crippen molar-refractivity contribution < 1.29 is 4.79 Å². The molecule has 2 heterocycles. The first-order valence-electron chi connectivity index (χ1n) is 10.9. The molecule has 0 radical (unpaired) electrons. The minimum absolute atomic E-state index is 0.0269. The standard InChI is InChI=1S/C27H25N5O2/c1-16-10-11-24(17(2)12-16)30-26(33)22(15-28)14-21-13-18(3)31(19(21)4)32-20(5)29-25-9-7-6-8-23(25)27(32)34/h6-14H,1-5H3,(H,30,33). The zero-order valence-electron chi connectivity index (χ0n) is 19.8. The number of aromatic nitrogens is 3. The maximum absolute atomic E-state index is 13.3. The van der Waals surface area contributed by atoms with Crippen LogP contribution in [-0.4, -0.2) is 20.2 Å². The van der Waals surface area contributed by atoms with E-state index in [2.05, 4.69) is 10.3 Å². The number of nitriles is 1. The molecule has 0 aliphatic rings. The van der Waals surface area contributed by atoms with E-state index in [1.54, 1.807) is 23.7 Å². The zero-order chi connectivity index (χ0) is 24.6. The molecular weight excluding hydrogens is 426 g/mol. The average Bonchev–Trinajstić information content (AvgIpc) is 3.07. The molecule has 1 amide bonds. The molecule has 4 aromatic rings. The summed E-state index contributed by atoms with van der Waals surface area (Å²) in [5.74, 6) is 0.0501. The third kappa shape index (κ3) is 4.02. The van der Waals surface area contributed by atoms with E-state index in [0.29, 0.717) is 33.7 Å². The quantitative estimate of drug-likeness (QED) is 0.363. The van der Waals surface area contributed by atoms with Gasteiger partial charge >= 0.3 is 0 Å². The molecule has 1 N–H and O–H groups in total. The second-order valence-electron chi connectivity index (χ2n) is 8.37. The fraction of sp³-hybridized carbons (Fsp3) is 0.185. The van der Waals surface area contributed by atoms with Crippen LogP contribution in [0.1, 0.15) is 33.9 Å². The van der Waals surface area contributed by atoms with Gasteiger partial charge in [-0.15, -0.1) is 0 Å². The molecular formula is C27H25N5O2. The predicted octanol–water partition coefficient (Wildman–Crippen LogP) is 4.60. The van der Waals surface area contributed by atoms with Crippen molar-refractivity contribution in [2.75, 3.05) is 5.32 Å². The SMILES string of the molecule is Cc1ccc(NC(=O)C(C#N)=Cc2cc(C)n(-n3c(C)nc4ccccc4c3=O)c2C)c(C)c1. The van der Waals surface area contributed by atoms with E-state index in [0.717, 1.165) is 16.8 Å². The Morgan fingerprint density at radius 3 is 2.47 bits per heavy atom. The lowest BCUT2D eigenvalue weighted by molar-refractivity contribution is -0.112. The molecule has 4 rings (SSSR count). The van der Waals surface area contributed by atoms with E-state index in [1.807, 2.05) is 76.2 Å². The molecule has 0 saturated carbocycles. The highest BCUT2D eigenvalue weighted by Gasteiger charge is 2.17. The van der Waals surface area contributed by atoms with Crippen molar-refractivity contribution in [2.24, 2.45) is 0 Å². The molecule has 0 bridgehead atoms. The highest BCUT2D eigenvalue weighted by molar-refractivity contribution is 6.10. The summed E-state index contributed by atoms with van der Waals surface area (Å²) in [5, 5.41) is 13.0. The summed E-state index contributed by atoms with van der Waals surface area (Å²) in [4.78, 5) is 30.7. The maximum Gasteiger partial charge on any atom is 0.280 e. The van der Waals surface area contributed by atoms with E-state index >= 15 is 0 Å².